The Bertz CT molecular complexity index is 177. The van der Waals surface area contributed by atoms with Gasteiger partial charge in [0.1, 0.15) is 6.61 Å². The first-order chi connectivity index (χ1) is 7.66. The molecule has 0 saturated heterocycles. The zero-order valence-corrected chi connectivity index (χ0v) is 10.8. The van der Waals surface area contributed by atoms with Crippen LogP contribution in [0.2, 0.25) is 0 Å². The van der Waals surface area contributed by atoms with Crippen molar-refractivity contribution >= 4 is 31.2 Å². The van der Waals surface area contributed by atoms with Crippen molar-refractivity contribution in [3.63, 3.8) is 0 Å². The molecule has 0 fully saturated rings. The van der Waals surface area contributed by atoms with Crippen LogP contribution in [0.4, 0.5) is 0 Å². The fourth-order valence-electron chi connectivity index (χ4n) is 0.809. The van der Waals surface area contributed by atoms with Gasteiger partial charge in [0, 0.05) is 0 Å². The SMILES string of the molecule is O=C(CC(S)S)OCCOCCOCCO. The number of aliphatic hydroxyl groups is 1. The van der Waals surface area contributed by atoms with E-state index in [0.717, 1.165) is 0 Å². The molecule has 0 aliphatic carbocycles. The maximum atomic E-state index is 11.0. The summed E-state index contributed by atoms with van der Waals surface area (Å²) in [5, 5.41) is 8.40. The number of carbonyl (C=O) groups excluding carboxylic acids is 1. The summed E-state index contributed by atoms with van der Waals surface area (Å²) in [4.78, 5) is 11.0. The van der Waals surface area contributed by atoms with Crippen LogP contribution < -0.4 is 0 Å². The van der Waals surface area contributed by atoms with Gasteiger partial charge in [-0.05, 0) is 0 Å². The Hall–Kier alpha value is 0.0500. The van der Waals surface area contributed by atoms with Gasteiger partial charge in [-0.1, -0.05) is 0 Å². The summed E-state index contributed by atoms with van der Waals surface area (Å²) in [6, 6.07) is 0. The number of aliphatic hydroxyl groups excluding tert-OH is 1. The fourth-order valence-corrected chi connectivity index (χ4v) is 1.11. The molecular formula is C9H18O5S2. The third-order valence-corrected chi connectivity index (χ3v) is 1.81. The van der Waals surface area contributed by atoms with Gasteiger partial charge >= 0.3 is 5.97 Å². The van der Waals surface area contributed by atoms with Crippen LogP contribution in [0, 0.1) is 0 Å². The minimum absolute atomic E-state index is 0.00619. The Morgan fingerprint density at radius 1 is 1.06 bits per heavy atom. The summed E-state index contributed by atoms with van der Waals surface area (Å²) in [5.41, 5.74) is 0. The Balaban J connectivity index is 3.11. The zero-order chi connectivity index (χ0) is 12.2. The lowest BCUT2D eigenvalue weighted by Gasteiger charge is -2.07. The van der Waals surface area contributed by atoms with E-state index in [-0.39, 0.29) is 30.2 Å². The van der Waals surface area contributed by atoms with E-state index in [1.807, 2.05) is 0 Å². The van der Waals surface area contributed by atoms with Crippen LogP contribution in [0.5, 0.6) is 0 Å². The highest BCUT2D eigenvalue weighted by molar-refractivity contribution is 7.99. The quantitative estimate of drug-likeness (QED) is 0.228. The van der Waals surface area contributed by atoms with Crippen LogP contribution in [-0.2, 0) is 19.0 Å². The van der Waals surface area contributed by atoms with Crippen molar-refractivity contribution in [1.29, 1.82) is 0 Å². The normalized spacial score (nSPS) is 10.8. The molecule has 1 N–H and O–H groups in total. The average Bonchev–Trinajstić information content (AvgIpc) is 2.21. The molecule has 0 amide bonds. The number of hydrogen-bond donors (Lipinski definition) is 3. The molecule has 0 unspecified atom stereocenters. The van der Waals surface area contributed by atoms with Crippen molar-refractivity contribution in [1.82, 2.24) is 0 Å². The van der Waals surface area contributed by atoms with Crippen LogP contribution in [0.3, 0.4) is 0 Å². The highest BCUT2D eigenvalue weighted by Crippen LogP contribution is 2.05. The third kappa shape index (κ3) is 12.1. The van der Waals surface area contributed by atoms with Gasteiger partial charge in [-0.25, -0.2) is 0 Å². The molecule has 0 atom stereocenters. The molecule has 0 aromatic rings. The molecular weight excluding hydrogens is 252 g/mol. The van der Waals surface area contributed by atoms with Crippen molar-refractivity contribution < 1.29 is 24.1 Å². The van der Waals surface area contributed by atoms with E-state index in [9.17, 15) is 4.79 Å². The van der Waals surface area contributed by atoms with Crippen LogP contribution in [-0.4, -0.2) is 55.3 Å². The highest BCUT2D eigenvalue weighted by atomic mass is 32.2. The van der Waals surface area contributed by atoms with Gasteiger partial charge in [-0.2, -0.15) is 25.3 Å². The van der Waals surface area contributed by atoms with Crippen LogP contribution in [0.1, 0.15) is 6.42 Å². The van der Waals surface area contributed by atoms with Crippen molar-refractivity contribution in [3.8, 4) is 0 Å². The highest BCUT2D eigenvalue weighted by Gasteiger charge is 2.06. The number of carbonyl (C=O) groups is 1. The van der Waals surface area contributed by atoms with Gasteiger partial charge < -0.3 is 19.3 Å². The Morgan fingerprint density at radius 3 is 2.19 bits per heavy atom. The first kappa shape index (κ1) is 16.1. The number of thiol groups is 2. The van der Waals surface area contributed by atoms with Gasteiger partial charge in [0.2, 0.25) is 0 Å². The topological polar surface area (TPSA) is 65.0 Å². The second kappa shape index (κ2) is 11.5. The monoisotopic (exact) mass is 270 g/mol. The van der Waals surface area contributed by atoms with Crippen molar-refractivity contribution in [2.24, 2.45) is 0 Å². The van der Waals surface area contributed by atoms with E-state index in [2.05, 4.69) is 25.3 Å². The fraction of sp³-hybridized carbons (Fsp3) is 0.889. The molecule has 7 heteroatoms. The lowest BCUT2D eigenvalue weighted by Crippen LogP contribution is -2.14. The predicted molar refractivity (Wildman–Crippen MR) is 66.1 cm³/mol. The second-order valence-corrected chi connectivity index (χ2v) is 4.51. The summed E-state index contributed by atoms with van der Waals surface area (Å²) in [6.45, 7) is 1.70. The third-order valence-electron chi connectivity index (χ3n) is 1.45. The number of hydrogen-bond acceptors (Lipinski definition) is 7. The minimum Gasteiger partial charge on any atom is -0.463 e. The predicted octanol–water partition coefficient (Wildman–Crippen LogP) is 0.131. The average molecular weight is 270 g/mol. The van der Waals surface area contributed by atoms with Gasteiger partial charge in [-0.3, -0.25) is 4.79 Å². The first-order valence-electron chi connectivity index (χ1n) is 4.95. The van der Waals surface area contributed by atoms with Crippen molar-refractivity contribution in [2.75, 3.05) is 39.6 Å². The van der Waals surface area contributed by atoms with Gasteiger partial charge in [0.05, 0.1) is 44.0 Å². The maximum Gasteiger partial charge on any atom is 0.307 e. The molecule has 0 radical (unpaired) electrons. The second-order valence-electron chi connectivity index (χ2n) is 2.85. The molecule has 5 nitrogen and oxygen atoms in total. The number of rotatable bonds is 10. The van der Waals surface area contributed by atoms with Crippen molar-refractivity contribution in [2.45, 2.75) is 11.0 Å². The molecule has 0 spiro atoms. The van der Waals surface area contributed by atoms with Gasteiger partial charge in [0.15, 0.2) is 0 Å². The summed E-state index contributed by atoms with van der Waals surface area (Å²) in [6.07, 6.45) is 0.172. The Morgan fingerprint density at radius 2 is 1.62 bits per heavy atom. The van der Waals surface area contributed by atoms with Crippen LogP contribution in [0.25, 0.3) is 0 Å². The van der Waals surface area contributed by atoms with Gasteiger partial charge in [-0.15, -0.1) is 0 Å². The molecule has 0 heterocycles. The summed E-state index contributed by atoms with van der Waals surface area (Å²) in [7, 11) is 0. The smallest absolute Gasteiger partial charge is 0.307 e. The lowest BCUT2D eigenvalue weighted by molar-refractivity contribution is -0.144. The molecule has 0 aromatic carbocycles. The maximum absolute atomic E-state index is 11.0. The van der Waals surface area contributed by atoms with Crippen molar-refractivity contribution in [3.05, 3.63) is 0 Å². The number of ether oxygens (including phenoxy) is 3. The Labute approximate surface area is 106 Å². The molecule has 0 aliphatic heterocycles. The van der Waals surface area contributed by atoms with E-state index in [1.165, 1.54) is 0 Å². The van der Waals surface area contributed by atoms with E-state index >= 15 is 0 Å². The molecule has 0 rings (SSSR count). The van der Waals surface area contributed by atoms with E-state index < -0.39 is 0 Å². The Kier molecular flexibility index (Phi) is 11.6. The molecule has 0 saturated carbocycles. The molecule has 0 bridgehead atoms. The molecule has 16 heavy (non-hydrogen) atoms. The number of esters is 1. The molecule has 0 aromatic heterocycles. The summed E-state index contributed by atoms with van der Waals surface area (Å²) in [5.74, 6) is -0.338. The first-order valence-corrected chi connectivity index (χ1v) is 5.98. The van der Waals surface area contributed by atoms with E-state index in [4.69, 9.17) is 19.3 Å². The van der Waals surface area contributed by atoms with Gasteiger partial charge in [0.25, 0.3) is 0 Å². The lowest BCUT2D eigenvalue weighted by atomic mass is 10.5. The standard InChI is InChI=1S/C9H18O5S2/c10-1-2-12-3-4-13-5-6-14-8(11)7-9(15)16/h9-10,15-16H,1-7H2. The van der Waals surface area contributed by atoms with E-state index in [0.29, 0.717) is 26.4 Å². The summed E-state index contributed by atoms with van der Waals surface area (Å²) >= 11 is 7.89. The molecule has 0 aliphatic rings. The largest absolute Gasteiger partial charge is 0.463 e. The van der Waals surface area contributed by atoms with Crippen LogP contribution in [0.15, 0.2) is 0 Å². The van der Waals surface area contributed by atoms with E-state index in [1.54, 1.807) is 0 Å². The van der Waals surface area contributed by atoms with Crippen LogP contribution >= 0.6 is 25.3 Å². The molecule has 96 valence electrons. The summed E-state index contributed by atoms with van der Waals surface area (Å²) < 4.78 is 14.6. The zero-order valence-electron chi connectivity index (χ0n) is 9.00. The minimum atomic E-state index is -0.338.